The molecule has 0 amide bonds. The number of fused-ring (bicyclic) bond motifs is 1. The molecule has 0 N–H and O–H groups in total. The number of hydrogen-bond acceptors (Lipinski definition) is 7. The lowest BCUT2D eigenvalue weighted by molar-refractivity contribution is 0.174. The third-order valence-corrected chi connectivity index (χ3v) is 9.55. The highest BCUT2D eigenvalue weighted by Crippen LogP contribution is 2.54. The Kier molecular flexibility index (Phi) is 8.02. The van der Waals surface area contributed by atoms with Crippen molar-refractivity contribution in [2.75, 3.05) is 52.7 Å². The fourth-order valence-corrected chi connectivity index (χ4v) is 7.63. The molecule has 2 aliphatic heterocycles. The number of thioether (sulfide) groups is 2. The first kappa shape index (κ1) is 23.5. The fourth-order valence-electron chi connectivity index (χ4n) is 4.21. The summed E-state index contributed by atoms with van der Waals surface area (Å²) in [5.41, 5.74) is 2.63. The minimum atomic E-state index is 0.115. The molecular formula is C25H33NO4S2. The lowest BCUT2D eigenvalue weighted by Crippen LogP contribution is -2.27. The normalized spacial score (nSPS) is 16.9. The molecular weight excluding hydrogens is 442 g/mol. The smallest absolute Gasteiger partial charge is 0.231 e. The quantitative estimate of drug-likeness (QED) is 0.455. The van der Waals surface area contributed by atoms with Crippen molar-refractivity contribution in [3.8, 4) is 23.0 Å². The molecule has 0 saturated carbocycles. The third-order valence-electron chi connectivity index (χ3n) is 6.05. The van der Waals surface area contributed by atoms with Crippen molar-refractivity contribution in [1.82, 2.24) is 4.90 Å². The number of methoxy groups -OCH3 is 2. The van der Waals surface area contributed by atoms with E-state index in [1.165, 1.54) is 29.1 Å². The van der Waals surface area contributed by atoms with Gasteiger partial charge in [0.05, 0.1) is 18.3 Å². The molecule has 0 bridgehead atoms. The summed E-state index contributed by atoms with van der Waals surface area (Å²) in [6, 6.07) is 12.7. The predicted octanol–water partition coefficient (Wildman–Crippen LogP) is 5.41. The van der Waals surface area contributed by atoms with E-state index in [2.05, 4.69) is 65.8 Å². The fraction of sp³-hybridized carbons (Fsp3) is 0.520. The van der Waals surface area contributed by atoms with E-state index in [0.717, 1.165) is 55.4 Å². The van der Waals surface area contributed by atoms with Gasteiger partial charge in [0.15, 0.2) is 23.0 Å². The molecule has 5 nitrogen and oxygen atoms in total. The van der Waals surface area contributed by atoms with Crippen molar-refractivity contribution in [2.24, 2.45) is 0 Å². The molecule has 0 spiro atoms. The summed E-state index contributed by atoms with van der Waals surface area (Å²) in [5, 5.41) is 0. The van der Waals surface area contributed by atoms with Crippen LogP contribution in [0.2, 0.25) is 0 Å². The Hall–Kier alpha value is -1.70. The van der Waals surface area contributed by atoms with E-state index >= 15 is 0 Å². The SMILES string of the molecule is COc1ccc(CCN(C)CCCC2(c3ccc4c(c3)OCO4)SCCCS2)cc1OC. The maximum Gasteiger partial charge on any atom is 0.231 e. The lowest BCUT2D eigenvalue weighted by Gasteiger charge is -2.37. The highest BCUT2D eigenvalue weighted by Gasteiger charge is 2.36. The molecule has 0 aliphatic carbocycles. The number of likely N-dealkylation sites (N-methyl/N-ethyl adjacent to an activating group) is 1. The van der Waals surface area contributed by atoms with Crippen LogP contribution in [-0.4, -0.2) is 57.6 Å². The van der Waals surface area contributed by atoms with Gasteiger partial charge in [0, 0.05) is 6.54 Å². The Morgan fingerprint density at radius 1 is 0.938 bits per heavy atom. The van der Waals surface area contributed by atoms with Crippen molar-refractivity contribution >= 4 is 23.5 Å². The van der Waals surface area contributed by atoms with Crippen LogP contribution in [0.4, 0.5) is 0 Å². The van der Waals surface area contributed by atoms with Gasteiger partial charge in [0.25, 0.3) is 0 Å². The monoisotopic (exact) mass is 475 g/mol. The van der Waals surface area contributed by atoms with Crippen LogP contribution in [0, 0.1) is 0 Å². The van der Waals surface area contributed by atoms with Gasteiger partial charge in [0.1, 0.15) is 0 Å². The minimum absolute atomic E-state index is 0.115. The molecule has 1 saturated heterocycles. The number of ether oxygens (including phenoxy) is 4. The van der Waals surface area contributed by atoms with Crippen molar-refractivity contribution in [3.05, 3.63) is 47.5 Å². The number of rotatable bonds is 10. The molecule has 174 valence electrons. The highest BCUT2D eigenvalue weighted by molar-refractivity contribution is 8.18. The van der Waals surface area contributed by atoms with Gasteiger partial charge in [-0.25, -0.2) is 0 Å². The summed E-state index contributed by atoms with van der Waals surface area (Å²) >= 11 is 4.20. The molecule has 0 radical (unpaired) electrons. The minimum Gasteiger partial charge on any atom is -0.493 e. The van der Waals surface area contributed by atoms with E-state index in [-0.39, 0.29) is 4.08 Å². The van der Waals surface area contributed by atoms with Crippen molar-refractivity contribution in [1.29, 1.82) is 0 Å². The molecule has 2 aromatic rings. The van der Waals surface area contributed by atoms with Crippen molar-refractivity contribution in [2.45, 2.75) is 29.8 Å². The average molecular weight is 476 g/mol. The van der Waals surface area contributed by atoms with Crippen LogP contribution in [-0.2, 0) is 10.5 Å². The van der Waals surface area contributed by atoms with Crippen LogP contribution < -0.4 is 18.9 Å². The number of benzene rings is 2. The molecule has 7 heteroatoms. The van der Waals surface area contributed by atoms with Gasteiger partial charge in [-0.2, -0.15) is 0 Å². The second kappa shape index (κ2) is 10.9. The summed E-state index contributed by atoms with van der Waals surface area (Å²) in [4.78, 5) is 2.43. The van der Waals surface area contributed by atoms with E-state index < -0.39 is 0 Å². The van der Waals surface area contributed by atoms with Crippen molar-refractivity contribution < 1.29 is 18.9 Å². The van der Waals surface area contributed by atoms with Gasteiger partial charge < -0.3 is 23.8 Å². The first-order valence-electron chi connectivity index (χ1n) is 11.2. The lowest BCUT2D eigenvalue weighted by atomic mass is 10.1. The van der Waals surface area contributed by atoms with Gasteiger partial charge in [-0.15, -0.1) is 23.5 Å². The first-order valence-corrected chi connectivity index (χ1v) is 13.2. The zero-order valence-corrected chi connectivity index (χ0v) is 20.9. The molecule has 1 fully saturated rings. The van der Waals surface area contributed by atoms with Gasteiger partial charge in [-0.3, -0.25) is 0 Å². The van der Waals surface area contributed by atoms with Gasteiger partial charge in [0.2, 0.25) is 6.79 Å². The van der Waals surface area contributed by atoms with Crippen LogP contribution in [0.1, 0.15) is 30.4 Å². The Bertz CT molecular complexity index is 902. The van der Waals surface area contributed by atoms with Gasteiger partial charge >= 0.3 is 0 Å². The zero-order chi connectivity index (χ0) is 22.4. The van der Waals surface area contributed by atoms with Gasteiger partial charge in [-0.05, 0) is 86.2 Å². The van der Waals surface area contributed by atoms with Crippen LogP contribution in [0.25, 0.3) is 0 Å². The Morgan fingerprint density at radius 3 is 2.50 bits per heavy atom. The molecule has 0 unspecified atom stereocenters. The van der Waals surface area contributed by atoms with Crippen LogP contribution >= 0.6 is 23.5 Å². The van der Waals surface area contributed by atoms with Gasteiger partial charge in [-0.1, -0.05) is 12.1 Å². The average Bonchev–Trinajstić information content (AvgIpc) is 3.31. The molecule has 0 atom stereocenters. The first-order chi connectivity index (χ1) is 15.6. The summed E-state index contributed by atoms with van der Waals surface area (Å²) in [5.74, 6) is 5.77. The van der Waals surface area contributed by atoms with E-state index in [4.69, 9.17) is 18.9 Å². The van der Waals surface area contributed by atoms with Crippen molar-refractivity contribution in [3.63, 3.8) is 0 Å². The number of nitrogens with zero attached hydrogens (tertiary/aromatic N) is 1. The summed E-state index contributed by atoms with van der Waals surface area (Å²) in [6.45, 7) is 2.43. The summed E-state index contributed by atoms with van der Waals surface area (Å²) in [6.07, 6.45) is 4.60. The van der Waals surface area contributed by atoms with E-state index in [1.54, 1.807) is 14.2 Å². The molecule has 2 aliphatic rings. The molecule has 2 aromatic carbocycles. The van der Waals surface area contributed by atoms with E-state index in [0.29, 0.717) is 6.79 Å². The Labute approximate surface area is 200 Å². The largest absolute Gasteiger partial charge is 0.493 e. The third kappa shape index (κ3) is 5.43. The standard InChI is InChI=1S/C25H33NO4S2/c1-26(13-10-19-6-8-21(27-2)23(16-19)28-3)12-4-11-25(31-14-5-15-32-25)20-7-9-22-24(17-20)30-18-29-22/h6-9,16-17H,4-5,10-15,18H2,1-3H3. The second-order valence-electron chi connectivity index (χ2n) is 8.22. The molecule has 32 heavy (non-hydrogen) atoms. The number of hydrogen-bond donors (Lipinski definition) is 0. The van der Waals surface area contributed by atoms with E-state index in [9.17, 15) is 0 Å². The van der Waals surface area contributed by atoms with Crippen LogP contribution in [0.3, 0.4) is 0 Å². The summed E-state index contributed by atoms with van der Waals surface area (Å²) in [7, 11) is 5.57. The maximum absolute atomic E-state index is 5.66. The molecule has 0 aromatic heterocycles. The Morgan fingerprint density at radius 2 is 1.72 bits per heavy atom. The maximum atomic E-state index is 5.66. The zero-order valence-electron chi connectivity index (χ0n) is 19.2. The molecule has 2 heterocycles. The Balaban J connectivity index is 1.32. The van der Waals surface area contributed by atoms with E-state index in [1.807, 2.05) is 6.07 Å². The highest BCUT2D eigenvalue weighted by atomic mass is 32.2. The summed E-state index contributed by atoms with van der Waals surface area (Å²) < 4.78 is 22.1. The second-order valence-corrected chi connectivity index (χ2v) is 11.3. The van der Waals surface area contributed by atoms with Crippen LogP contribution in [0.5, 0.6) is 23.0 Å². The predicted molar refractivity (Wildman–Crippen MR) is 134 cm³/mol. The topological polar surface area (TPSA) is 40.2 Å². The van der Waals surface area contributed by atoms with Crippen LogP contribution in [0.15, 0.2) is 36.4 Å². The molecule has 4 rings (SSSR count).